The standard InChI is InChI=1S/C23H39N5O3/c1-23(2,3)31-22(29)25-21-17-19(5-6-20(21)24)27-9-7-18(8-10-27)28-13-11-26(12-14-28)15-16-30-4/h5-6,17-18H,7-16,24H2,1-4H3,(H,25,29). The van der Waals surface area contributed by atoms with Crippen molar-refractivity contribution in [1.82, 2.24) is 9.80 Å². The molecule has 0 spiro atoms. The van der Waals surface area contributed by atoms with Crippen molar-refractivity contribution in [2.45, 2.75) is 45.3 Å². The number of hydrogen-bond acceptors (Lipinski definition) is 7. The fraction of sp³-hybridized carbons (Fsp3) is 0.696. The SMILES string of the molecule is COCCN1CCN(C2CCN(c3ccc(N)c(NC(=O)OC(C)(C)C)c3)CC2)CC1. The third-order valence-electron chi connectivity index (χ3n) is 6.04. The Kier molecular flexibility index (Phi) is 8.02. The molecule has 0 saturated carbocycles. The molecule has 2 aliphatic rings. The molecule has 0 atom stereocenters. The minimum Gasteiger partial charge on any atom is -0.444 e. The third kappa shape index (κ3) is 6.98. The van der Waals surface area contributed by atoms with Crippen LogP contribution in [-0.4, -0.2) is 87.1 Å². The smallest absolute Gasteiger partial charge is 0.412 e. The molecule has 2 saturated heterocycles. The van der Waals surface area contributed by atoms with Gasteiger partial charge in [0.25, 0.3) is 0 Å². The molecule has 1 aromatic rings. The van der Waals surface area contributed by atoms with Gasteiger partial charge in [0.15, 0.2) is 0 Å². The highest BCUT2D eigenvalue weighted by atomic mass is 16.6. The van der Waals surface area contributed by atoms with Crippen LogP contribution in [0.15, 0.2) is 18.2 Å². The highest BCUT2D eigenvalue weighted by Gasteiger charge is 2.27. The summed E-state index contributed by atoms with van der Waals surface area (Å²) in [6, 6.07) is 6.49. The molecular weight excluding hydrogens is 394 g/mol. The molecule has 0 aliphatic carbocycles. The molecule has 2 aliphatic heterocycles. The van der Waals surface area contributed by atoms with Crippen LogP contribution in [0.4, 0.5) is 21.9 Å². The second-order valence-electron chi connectivity index (χ2n) is 9.49. The van der Waals surface area contributed by atoms with Crippen molar-refractivity contribution in [3.05, 3.63) is 18.2 Å². The number of carbonyl (C=O) groups excluding carboxylic acids is 1. The maximum absolute atomic E-state index is 12.1. The predicted molar refractivity (Wildman–Crippen MR) is 126 cm³/mol. The van der Waals surface area contributed by atoms with Gasteiger partial charge < -0.3 is 20.1 Å². The largest absolute Gasteiger partial charge is 0.444 e. The molecule has 8 heteroatoms. The Morgan fingerprint density at radius 2 is 1.81 bits per heavy atom. The predicted octanol–water partition coefficient (Wildman–Crippen LogP) is 2.85. The number of benzene rings is 1. The number of nitrogens with zero attached hydrogens (tertiary/aromatic N) is 3. The van der Waals surface area contributed by atoms with E-state index in [4.69, 9.17) is 15.2 Å². The van der Waals surface area contributed by atoms with Crippen molar-refractivity contribution >= 4 is 23.2 Å². The van der Waals surface area contributed by atoms with Gasteiger partial charge in [-0.1, -0.05) is 0 Å². The number of carbonyl (C=O) groups is 1. The molecule has 1 amide bonds. The Bertz CT molecular complexity index is 720. The summed E-state index contributed by atoms with van der Waals surface area (Å²) in [6.07, 6.45) is 1.81. The molecule has 0 aromatic heterocycles. The van der Waals surface area contributed by atoms with Crippen LogP contribution in [0.25, 0.3) is 0 Å². The number of nitrogens with two attached hydrogens (primary N) is 1. The highest BCUT2D eigenvalue weighted by Crippen LogP contribution is 2.29. The lowest BCUT2D eigenvalue weighted by Gasteiger charge is -2.43. The van der Waals surface area contributed by atoms with Gasteiger partial charge in [0.1, 0.15) is 5.60 Å². The van der Waals surface area contributed by atoms with Gasteiger partial charge in [-0.05, 0) is 51.8 Å². The number of nitrogens with one attached hydrogen (secondary N) is 1. The van der Waals surface area contributed by atoms with Crippen LogP contribution >= 0.6 is 0 Å². The quantitative estimate of drug-likeness (QED) is 0.668. The molecule has 2 fully saturated rings. The summed E-state index contributed by atoms with van der Waals surface area (Å²) >= 11 is 0. The zero-order chi connectivity index (χ0) is 22.4. The average Bonchev–Trinajstić information content (AvgIpc) is 2.73. The van der Waals surface area contributed by atoms with Crippen LogP contribution in [0, 0.1) is 0 Å². The monoisotopic (exact) mass is 433 g/mol. The van der Waals surface area contributed by atoms with Gasteiger partial charge in [-0.2, -0.15) is 0 Å². The van der Waals surface area contributed by atoms with Gasteiger partial charge >= 0.3 is 6.09 Å². The first kappa shape index (κ1) is 23.6. The summed E-state index contributed by atoms with van der Waals surface area (Å²) < 4.78 is 10.6. The van der Waals surface area contributed by atoms with E-state index in [0.29, 0.717) is 17.4 Å². The minimum atomic E-state index is -0.548. The van der Waals surface area contributed by atoms with E-state index < -0.39 is 11.7 Å². The van der Waals surface area contributed by atoms with E-state index in [1.807, 2.05) is 39.0 Å². The number of amides is 1. The fourth-order valence-electron chi connectivity index (χ4n) is 4.32. The lowest BCUT2D eigenvalue weighted by molar-refractivity contribution is 0.0636. The van der Waals surface area contributed by atoms with Gasteiger partial charge in [0.2, 0.25) is 0 Å². The summed E-state index contributed by atoms with van der Waals surface area (Å²) in [5, 5.41) is 2.79. The lowest BCUT2D eigenvalue weighted by atomic mass is 10.0. The number of nitrogen functional groups attached to an aromatic ring is 1. The van der Waals surface area contributed by atoms with Crippen molar-refractivity contribution < 1.29 is 14.3 Å². The van der Waals surface area contributed by atoms with E-state index in [2.05, 4.69) is 20.0 Å². The van der Waals surface area contributed by atoms with E-state index in [1.165, 1.54) is 0 Å². The summed E-state index contributed by atoms with van der Waals surface area (Å²) in [5.74, 6) is 0. The first-order valence-electron chi connectivity index (χ1n) is 11.3. The molecule has 174 valence electrons. The zero-order valence-corrected chi connectivity index (χ0v) is 19.5. The molecule has 31 heavy (non-hydrogen) atoms. The number of hydrogen-bond donors (Lipinski definition) is 2. The van der Waals surface area contributed by atoms with Gasteiger partial charge in [0, 0.05) is 64.7 Å². The Labute approximate surface area is 186 Å². The molecular formula is C23H39N5O3. The van der Waals surface area contributed by atoms with E-state index >= 15 is 0 Å². The van der Waals surface area contributed by atoms with Gasteiger partial charge in [-0.25, -0.2) is 4.79 Å². The molecule has 8 nitrogen and oxygen atoms in total. The summed E-state index contributed by atoms with van der Waals surface area (Å²) in [6.45, 7) is 13.9. The second kappa shape index (κ2) is 10.5. The molecule has 2 heterocycles. The fourth-order valence-corrected chi connectivity index (χ4v) is 4.32. The molecule has 0 unspecified atom stereocenters. The zero-order valence-electron chi connectivity index (χ0n) is 19.5. The van der Waals surface area contributed by atoms with Crippen molar-refractivity contribution in [2.24, 2.45) is 0 Å². The Morgan fingerprint density at radius 1 is 1.13 bits per heavy atom. The van der Waals surface area contributed by atoms with Crippen molar-refractivity contribution in [3.8, 4) is 0 Å². The summed E-state index contributed by atoms with van der Waals surface area (Å²) in [4.78, 5) is 19.7. The van der Waals surface area contributed by atoms with Crippen LogP contribution in [0.3, 0.4) is 0 Å². The maximum atomic E-state index is 12.1. The topological polar surface area (TPSA) is 83.3 Å². The molecule has 3 N–H and O–H groups in total. The number of anilines is 3. The number of rotatable bonds is 6. The van der Waals surface area contributed by atoms with Crippen LogP contribution in [0.1, 0.15) is 33.6 Å². The van der Waals surface area contributed by atoms with Gasteiger partial charge in [0.05, 0.1) is 18.0 Å². The normalized spacial score (nSPS) is 19.4. The van der Waals surface area contributed by atoms with E-state index in [1.54, 1.807) is 7.11 Å². The maximum Gasteiger partial charge on any atom is 0.412 e. The van der Waals surface area contributed by atoms with Gasteiger partial charge in [-0.15, -0.1) is 0 Å². The van der Waals surface area contributed by atoms with E-state index in [-0.39, 0.29) is 0 Å². The van der Waals surface area contributed by atoms with Crippen LogP contribution in [-0.2, 0) is 9.47 Å². The second-order valence-corrected chi connectivity index (χ2v) is 9.49. The average molecular weight is 434 g/mol. The van der Waals surface area contributed by atoms with Crippen molar-refractivity contribution in [1.29, 1.82) is 0 Å². The highest BCUT2D eigenvalue weighted by molar-refractivity contribution is 5.90. The molecule has 3 rings (SSSR count). The third-order valence-corrected chi connectivity index (χ3v) is 6.04. The Balaban J connectivity index is 1.51. The Morgan fingerprint density at radius 3 is 2.42 bits per heavy atom. The van der Waals surface area contributed by atoms with E-state index in [9.17, 15) is 4.79 Å². The summed E-state index contributed by atoms with van der Waals surface area (Å²) in [5.41, 5.74) is 7.76. The minimum absolute atomic E-state index is 0.486. The first-order valence-corrected chi connectivity index (χ1v) is 11.3. The van der Waals surface area contributed by atoms with Crippen molar-refractivity contribution in [2.75, 3.05) is 75.5 Å². The number of piperazine rings is 1. The lowest BCUT2D eigenvalue weighted by Crippen LogP contribution is -2.53. The summed E-state index contributed by atoms with van der Waals surface area (Å²) in [7, 11) is 1.77. The van der Waals surface area contributed by atoms with Crippen LogP contribution in [0.2, 0.25) is 0 Å². The van der Waals surface area contributed by atoms with Gasteiger partial charge in [-0.3, -0.25) is 15.1 Å². The number of ether oxygens (including phenoxy) is 2. The molecule has 0 radical (unpaired) electrons. The van der Waals surface area contributed by atoms with Crippen molar-refractivity contribution in [3.63, 3.8) is 0 Å². The number of piperidine rings is 1. The number of methoxy groups -OCH3 is 1. The van der Waals surface area contributed by atoms with Crippen LogP contribution in [0.5, 0.6) is 0 Å². The van der Waals surface area contributed by atoms with E-state index in [0.717, 1.165) is 70.9 Å². The molecule has 0 bridgehead atoms. The Hall–Kier alpha value is -2.03. The molecule has 1 aromatic carbocycles. The van der Waals surface area contributed by atoms with Crippen LogP contribution < -0.4 is 16.0 Å². The first-order chi connectivity index (χ1) is 14.7.